The summed E-state index contributed by atoms with van der Waals surface area (Å²) >= 11 is 0. The van der Waals surface area contributed by atoms with Crippen LogP contribution in [0.25, 0.3) is 0 Å². The van der Waals surface area contributed by atoms with Crippen LogP contribution >= 0.6 is 0 Å². The van der Waals surface area contributed by atoms with Crippen LogP contribution in [0, 0.1) is 0 Å². The molecular weight excluding hydrogens is 202 g/mol. The topological polar surface area (TPSA) is 55.5 Å². The third-order valence-corrected chi connectivity index (χ3v) is 2.47. The van der Waals surface area contributed by atoms with Gasteiger partial charge in [0.25, 0.3) is 0 Å². The van der Waals surface area contributed by atoms with Crippen molar-refractivity contribution in [2.45, 2.75) is 45.4 Å². The van der Waals surface area contributed by atoms with E-state index in [4.69, 9.17) is 10.5 Å². The van der Waals surface area contributed by atoms with Crippen LogP contribution in [0.2, 0.25) is 0 Å². The van der Waals surface area contributed by atoms with Gasteiger partial charge in [-0.05, 0) is 38.0 Å². The number of rotatable bonds is 5. The lowest BCUT2D eigenvalue weighted by atomic mass is 10.0. The lowest BCUT2D eigenvalue weighted by Gasteiger charge is -2.18. The summed E-state index contributed by atoms with van der Waals surface area (Å²) in [6.07, 6.45) is 0.337. The first-order valence-electron chi connectivity index (χ1n) is 5.74. The van der Waals surface area contributed by atoms with E-state index in [0.717, 1.165) is 11.3 Å². The largest absolute Gasteiger partial charge is 0.491 e. The van der Waals surface area contributed by atoms with Gasteiger partial charge in [-0.25, -0.2) is 0 Å². The molecule has 0 aliphatic rings. The fraction of sp³-hybridized carbons (Fsp3) is 0.538. The molecule has 0 aliphatic heterocycles. The van der Waals surface area contributed by atoms with E-state index >= 15 is 0 Å². The minimum atomic E-state index is -0.489. The van der Waals surface area contributed by atoms with Gasteiger partial charge < -0.3 is 15.6 Å². The van der Waals surface area contributed by atoms with Crippen molar-refractivity contribution >= 4 is 0 Å². The van der Waals surface area contributed by atoms with Gasteiger partial charge >= 0.3 is 0 Å². The molecule has 2 atom stereocenters. The summed E-state index contributed by atoms with van der Waals surface area (Å²) in [4.78, 5) is 0. The summed E-state index contributed by atoms with van der Waals surface area (Å²) in [5.74, 6) is 0.830. The molecule has 0 heterocycles. The second-order valence-corrected chi connectivity index (χ2v) is 4.24. The minimum absolute atomic E-state index is 0.167. The molecule has 90 valence electrons. The van der Waals surface area contributed by atoms with Crippen LogP contribution in [-0.2, 0) is 0 Å². The number of benzene rings is 1. The number of nitrogens with two attached hydrogens (primary N) is 1. The van der Waals surface area contributed by atoms with Gasteiger partial charge in [0.2, 0.25) is 0 Å². The van der Waals surface area contributed by atoms with Crippen molar-refractivity contribution in [1.82, 2.24) is 0 Å². The van der Waals surface area contributed by atoms with Gasteiger partial charge in [0.15, 0.2) is 0 Å². The Balaban J connectivity index is 2.70. The Bertz CT molecular complexity index is 308. The summed E-state index contributed by atoms with van der Waals surface area (Å²) in [5.41, 5.74) is 6.85. The number of aliphatic hydroxyl groups is 1. The Hall–Kier alpha value is -1.06. The average Bonchev–Trinajstić information content (AvgIpc) is 2.27. The second kappa shape index (κ2) is 5.87. The Morgan fingerprint density at radius 3 is 2.25 bits per heavy atom. The van der Waals surface area contributed by atoms with Gasteiger partial charge in [-0.1, -0.05) is 19.1 Å². The molecular formula is C13H21NO2. The maximum atomic E-state index is 9.64. The van der Waals surface area contributed by atoms with Crippen molar-refractivity contribution in [2.24, 2.45) is 5.73 Å². The molecule has 1 aromatic carbocycles. The van der Waals surface area contributed by atoms with E-state index in [1.165, 1.54) is 0 Å². The molecule has 3 heteroatoms. The monoisotopic (exact) mass is 223 g/mol. The summed E-state index contributed by atoms with van der Waals surface area (Å²) in [5, 5.41) is 9.64. The van der Waals surface area contributed by atoms with Crippen molar-refractivity contribution in [1.29, 1.82) is 0 Å². The van der Waals surface area contributed by atoms with Gasteiger partial charge in [0.1, 0.15) is 5.75 Å². The molecule has 0 bridgehead atoms. The number of aliphatic hydroxyl groups excluding tert-OH is 1. The van der Waals surface area contributed by atoms with E-state index in [1.807, 2.05) is 45.0 Å². The van der Waals surface area contributed by atoms with Crippen LogP contribution in [0.5, 0.6) is 5.75 Å². The SMILES string of the molecule is CC[C@H](O)[C@H](N)c1ccc(OC(C)C)cc1. The fourth-order valence-electron chi connectivity index (χ4n) is 1.52. The van der Waals surface area contributed by atoms with Gasteiger partial charge in [-0.2, -0.15) is 0 Å². The zero-order valence-corrected chi connectivity index (χ0v) is 10.2. The molecule has 1 aromatic rings. The lowest BCUT2D eigenvalue weighted by molar-refractivity contribution is 0.140. The normalized spacial score (nSPS) is 14.9. The van der Waals surface area contributed by atoms with E-state index in [2.05, 4.69) is 0 Å². The van der Waals surface area contributed by atoms with Crippen molar-refractivity contribution < 1.29 is 9.84 Å². The second-order valence-electron chi connectivity index (χ2n) is 4.24. The van der Waals surface area contributed by atoms with Gasteiger partial charge in [0.05, 0.1) is 18.2 Å². The maximum absolute atomic E-state index is 9.64. The zero-order valence-electron chi connectivity index (χ0n) is 10.2. The van der Waals surface area contributed by atoms with Gasteiger partial charge in [-0.3, -0.25) is 0 Å². The molecule has 0 saturated carbocycles. The van der Waals surface area contributed by atoms with Crippen LogP contribution in [0.3, 0.4) is 0 Å². The molecule has 0 fully saturated rings. The van der Waals surface area contributed by atoms with Crippen molar-refractivity contribution in [2.75, 3.05) is 0 Å². The highest BCUT2D eigenvalue weighted by molar-refractivity contribution is 5.29. The van der Waals surface area contributed by atoms with E-state index in [1.54, 1.807) is 0 Å². The van der Waals surface area contributed by atoms with E-state index in [9.17, 15) is 5.11 Å². The molecule has 3 nitrogen and oxygen atoms in total. The molecule has 3 N–H and O–H groups in total. The predicted molar refractivity (Wildman–Crippen MR) is 65.4 cm³/mol. The quantitative estimate of drug-likeness (QED) is 0.805. The Labute approximate surface area is 97.2 Å². The van der Waals surface area contributed by atoms with Crippen LogP contribution < -0.4 is 10.5 Å². The first-order valence-corrected chi connectivity index (χ1v) is 5.74. The van der Waals surface area contributed by atoms with E-state index in [0.29, 0.717) is 6.42 Å². The summed E-state index contributed by atoms with van der Waals surface area (Å²) in [6, 6.07) is 7.26. The van der Waals surface area contributed by atoms with Crippen LogP contribution in [0.4, 0.5) is 0 Å². The molecule has 0 spiro atoms. The van der Waals surface area contributed by atoms with Crippen molar-refractivity contribution in [3.63, 3.8) is 0 Å². The highest BCUT2D eigenvalue weighted by atomic mass is 16.5. The summed E-state index contributed by atoms with van der Waals surface area (Å²) in [6.45, 7) is 5.89. The minimum Gasteiger partial charge on any atom is -0.491 e. The van der Waals surface area contributed by atoms with Crippen molar-refractivity contribution in [3.05, 3.63) is 29.8 Å². The van der Waals surface area contributed by atoms with Crippen LogP contribution in [0.15, 0.2) is 24.3 Å². The summed E-state index contributed by atoms with van der Waals surface area (Å²) < 4.78 is 5.53. The van der Waals surface area contributed by atoms with Gasteiger partial charge in [0, 0.05) is 0 Å². The number of ether oxygens (including phenoxy) is 1. The van der Waals surface area contributed by atoms with Crippen LogP contribution in [0.1, 0.15) is 38.8 Å². The molecule has 0 amide bonds. The van der Waals surface area contributed by atoms with E-state index in [-0.39, 0.29) is 12.1 Å². The smallest absolute Gasteiger partial charge is 0.119 e. The number of hydrogen-bond acceptors (Lipinski definition) is 3. The lowest BCUT2D eigenvalue weighted by Crippen LogP contribution is -2.25. The van der Waals surface area contributed by atoms with Crippen molar-refractivity contribution in [3.8, 4) is 5.75 Å². The molecule has 0 saturated heterocycles. The molecule has 1 rings (SSSR count). The Morgan fingerprint density at radius 2 is 1.81 bits per heavy atom. The summed E-state index contributed by atoms with van der Waals surface area (Å²) in [7, 11) is 0. The van der Waals surface area contributed by atoms with E-state index < -0.39 is 6.10 Å². The zero-order chi connectivity index (χ0) is 12.1. The highest BCUT2D eigenvalue weighted by Crippen LogP contribution is 2.20. The third-order valence-electron chi connectivity index (χ3n) is 2.47. The standard InChI is InChI=1S/C13H21NO2/c1-4-12(15)13(14)10-5-7-11(8-6-10)16-9(2)3/h5-9,12-13,15H,4,14H2,1-3H3/t12-,13+/m0/s1. The fourth-order valence-corrected chi connectivity index (χ4v) is 1.52. The molecule has 0 aromatic heterocycles. The molecule has 16 heavy (non-hydrogen) atoms. The molecule has 0 aliphatic carbocycles. The average molecular weight is 223 g/mol. The molecule has 0 radical (unpaired) electrons. The van der Waals surface area contributed by atoms with Gasteiger partial charge in [-0.15, -0.1) is 0 Å². The Morgan fingerprint density at radius 1 is 1.25 bits per heavy atom. The first kappa shape index (κ1) is 13.0. The molecule has 0 unspecified atom stereocenters. The highest BCUT2D eigenvalue weighted by Gasteiger charge is 2.14. The Kier molecular flexibility index (Phi) is 4.77. The third kappa shape index (κ3) is 3.51. The number of hydrogen-bond donors (Lipinski definition) is 2. The van der Waals surface area contributed by atoms with Crippen LogP contribution in [-0.4, -0.2) is 17.3 Å². The maximum Gasteiger partial charge on any atom is 0.119 e. The predicted octanol–water partition coefficient (Wildman–Crippen LogP) is 2.24. The first-order chi connectivity index (χ1) is 7.54.